The Labute approximate surface area is 217 Å². The van der Waals surface area contributed by atoms with Crippen LogP contribution >= 0.6 is 0 Å². The summed E-state index contributed by atoms with van der Waals surface area (Å²) in [5, 5.41) is 6.01. The molecule has 4 rings (SSSR count). The molecule has 3 amide bonds. The molecule has 2 aliphatic heterocycles. The first-order chi connectivity index (χ1) is 17.6. The van der Waals surface area contributed by atoms with Crippen molar-refractivity contribution in [3.8, 4) is 5.69 Å². The van der Waals surface area contributed by atoms with Gasteiger partial charge in [0.2, 0.25) is 5.91 Å². The highest BCUT2D eigenvalue weighted by Gasteiger charge is 2.31. The molecule has 0 radical (unpaired) electrons. The quantitative estimate of drug-likeness (QED) is 0.477. The maximum Gasteiger partial charge on any atom is 0.354 e. The number of anilines is 1. The van der Waals surface area contributed by atoms with Crippen molar-refractivity contribution in [3.63, 3.8) is 0 Å². The highest BCUT2D eigenvalue weighted by molar-refractivity contribution is 5.89. The molecule has 2 aliphatic rings. The van der Waals surface area contributed by atoms with Crippen LogP contribution in [0.5, 0.6) is 0 Å². The lowest BCUT2D eigenvalue weighted by Gasteiger charge is -2.37. The Morgan fingerprint density at radius 2 is 1.76 bits per heavy atom. The number of amides is 3. The fourth-order valence-corrected chi connectivity index (χ4v) is 4.55. The van der Waals surface area contributed by atoms with Gasteiger partial charge in [-0.25, -0.2) is 9.59 Å². The van der Waals surface area contributed by atoms with E-state index < -0.39 is 11.2 Å². The van der Waals surface area contributed by atoms with Gasteiger partial charge in [-0.2, -0.15) is 4.98 Å². The van der Waals surface area contributed by atoms with Crippen LogP contribution in [0.25, 0.3) is 5.69 Å². The summed E-state index contributed by atoms with van der Waals surface area (Å²) in [5.74, 6) is 0.772. The monoisotopic (exact) mass is 510 g/mol. The largest absolute Gasteiger partial charge is 0.354 e. The number of hydrogen-bond donors (Lipinski definition) is 3. The van der Waals surface area contributed by atoms with Gasteiger partial charge in [-0.05, 0) is 50.1 Å². The zero-order chi connectivity index (χ0) is 26.6. The van der Waals surface area contributed by atoms with E-state index in [2.05, 4.69) is 27.4 Å². The molecule has 200 valence electrons. The van der Waals surface area contributed by atoms with E-state index in [1.165, 1.54) is 10.1 Å². The van der Waals surface area contributed by atoms with Crippen molar-refractivity contribution in [1.82, 2.24) is 29.6 Å². The number of nitrogens with zero attached hydrogens (tertiary/aromatic N) is 5. The molecule has 1 aromatic heterocycles. The molecule has 0 spiro atoms. The van der Waals surface area contributed by atoms with E-state index in [-0.39, 0.29) is 17.8 Å². The number of benzene rings is 1. The smallest absolute Gasteiger partial charge is 0.338 e. The molecular formula is C26H38N8O3. The molecule has 0 unspecified atom stereocenters. The Morgan fingerprint density at radius 1 is 1.11 bits per heavy atom. The van der Waals surface area contributed by atoms with Gasteiger partial charge >= 0.3 is 11.7 Å². The molecule has 2 saturated heterocycles. The minimum Gasteiger partial charge on any atom is -0.338 e. The fraction of sp³-hybridized carbons (Fsp3) is 0.538. The fourth-order valence-electron chi connectivity index (χ4n) is 4.55. The van der Waals surface area contributed by atoms with Crippen molar-refractivity contribution in [2.75, 3.05) is 57.7 Å². The lowest BCUT2D eigenvalue weighted by atomic mass is 10.0. The van der Waals surface area contributed by atoms with Gasteiger partial charge in [-0.1, -0.05) is 19.1 Å². The number of rotatable bonds is 8. The van der Waals surface area contributed by atoms with Crippen molar-refractivity contribution >= 4 is 17.8 Å². The van der Waals surface area contributed by atoms with E-state index in [4.69, 9.17) is 5.73 Å². The lowest BCUT2D eigenvalue weighted by molar-refractivity contribution is -0.137. The standard InChI is InChI=1S/C26H38N8O3/c1-4-31(18-20-15-28-16-20)17-19-5-7-21(8-6-19)34-10-9-22(30-25(34)37)29-24(36)33-13-11-32(12-14-33)23(35)26(2,3)27/h5-10,20,28H,4,11-18,27H2,1-3H3,(H,29,30,36,37). The minimum absolute atomic E-state index is 0.139. The van der Waals surface area contributed by atoms with Gasteiger partial charge in [0, 0.05) is 58.6 Å². The summed E-state index contributed by atoms with van der Waals surface area (Å²) in [6, 6.07) is 9.16. The summed E-state index contributed by atoms with van der Waals surface area (Å²) in [7, 11) is 0. The van der Waals surface area contributed by atoms with Crippen molar-refractivity contribution in [2.24, 2.45) is 11.7 Å². The molecule has 2 aromatic rings. The molecule has 4 N–H and O–H groups in total. The first kappa shape index (κ1) is 26.8. The van der Waals surface area contributed by atoms with E-state index in [1.807, 2.05) is 24.3 Å². The van der Waals surface area contributed by atoms with E-state index in [1.54, 1.807) is 35.9 Å². The molecule has 0 bridgehead atoms. The van der Waals surface area contributed by atoms with Crippen LogP contribution < -0.4 is 22.1 Å². The predicted octanol–water partition coefficient (Wildman–Crippen LogP) is 0.687. The third-order valence-corrected chi connectivity index (χ3v) is 6.89. The third kappa shape index (κ3) is 6.73. The number of carbonyl (C=O) groups excluding carboxylic acids is 2. The van der Waals surface area contributed by atoms with Crippen LogP contribution in [0.2, 0.25) is 0 Å². The Morgan fingerprint density at radius 3 is 2.30 bits per heavy atom. The molecular weight excluding hydrogens is 472 g/mol. The van der Waals surface area contributed by atoms with Gasteiger partial charge in [0.25, 0.3) is 0 Å². The summed E-state index contributed by atoms with van der Waals surface area (Å²) in [6.45, 7) is 12.2. The van der Waals surface area contributed by atoms with Gasteiger partial charge in [-0.15, -0.1) is 0 Å². The van der Waals surface area contributed by atoms with Crippen LogP contribution in [0.1, 0.15) is 26.3 Å². The number of hydrogen-bond acceptors (Lipinski definition) is 7. The maximum absolute atomic E-state index is 12.7. The van der Waals surface area contributed by atoms with E-state index in [0.29, 0.717) is 31.9 Å². The molecule has 0 saturated carbocycles. The number of nitrogens with two attached hydrogens (primary N) is 1. The zero-order valence-corrected chi connectivity index (χ0v) is 21.9. The average molecular weight is 511 g/mol. The number of nitrogens with one attached hydrogen (secondary N) is 2. The Hall–Kier alpha value is -3.28. The second kappa shape index (κ2) is 11.4. The minimum atomic E-state index is -0.943. The van der Waals surface area contributed by atoms with Crippen LogP contribution in [0, 0.1) is 5.92 Å². The van der Waals surface area contributed by atoms with Crippen LogP contribution in [0.4, 0.5) is 10.6 Å². The Bertz CT molecular complexity index is 1150. The number of piperazine rings is 1. The number of urea groups is 1. The predicted molar refractivity (Wildman–Crippen MR) is 143 cm³/mol. The lowest BCUT2D eigenvalue weighted by Crippen LogP contribution is -2.58. The third-order valence-electron chi connectivity index (χ3n) is 6.89. The van der Waals surface area contributed by atoms with Gasteiger partial charge in [0.15, 0.2) is 0 Å². The van der Waals surface area contributed by atoms with Gasteiger partial charge in [0.05, 0.1) is 11.2 Å². The molecule has 11 nitrogen and oxygen atoms in total. The molecule has 3 heterocycles. The van der Waals surface area contributed by atoms with Gasteiger partial charge in [-0.3, -0.25) is 19.6 Å². The Kier molecular flexibility index (Phi) is 8.25. The summed E-state index contributed by atoms with van der Waals surface area (Å²) in [4.78, 5) is 47.5. The van der Waals surface area contributed by atoms with Crippen LogP contribution in [0.15, 0.2) is 41.3 Å². The van der Waals surface area contributed by atoms with Crippen LogP contribution in [-0.2, 0) is 11.3 Å². The Balaban J connectivity index is 1.32. The zero-order valence-electron chi connectivity index (χ0n) is 21.9. The molecule has 37 heavy (non-hydrogen) atoms. The highest BCUT2D eigenvalue weighted by atomic mass is 16.2. The van der Waals surface area contributed by atoms with Crippen molar-refractivity contribution in [3.05, 3.63) is 52.6 Å². The summed E-state index contributed by atoms with van der Waals surface area (Å²) in [5.41, 5.74) is 6.40. The van der Waals surface area contributed by atoms with Crippen molar-refractivity contribution in [1.29, 1.82) is 0 Å². The van der Waals surface area contributed by atoms with Crippen molar-refractivity contribution in [2.45, 2.75) is 32.9 Å². The van der Waals surface area contributed by atoms with Crippen molar-refractivity contribution < 1.29 is 9.59 Å². The molecule has 2 fully saturated rings. The van der Waals surface area contributed by atoms with E-state index in [0.717, 1.165) is 38.6 Å². The summed E-state index contributed by atoms with van der Waals surface area (Å²) >= 11 is 0. The summed E-state index contributed by atoms with van der Waals surface area (Å²) < 4.78 is 1.45. The number of aromatic nitrogens is 2. The SMILES string of the molecule is CCN(Cc1ccc(-n2ccc(NC(=O)N3CCN(C(=O)C(C)(C)N)CC3)nc2=O)cc1)CC1CNC1. The van der Waals surface area contributed by atoms with Gasteiger partial charge < -0.3 is 20.9 Å². The van der Waals surface area contributed by atoms with E-state index in [9.17, 15) is 14.4 Å². The molecule has 11 heteroatoms. The topological polar surface area (TPSA) is 129 Å². The highest BCUT2D eigenvalue weighted by Crippen LogP contribution is 2.14. The van der Waals surface area contributed by atoms with Gasteiger partial charge in [0.1, 0.15) is 5.82 Å². The maximum atomic E-state index is 12.7. The second-order valence-electron chi connectivity index (χ2n) is 10.4. The molecule has 0 atom stereocenters. The second-order valence-corrected chi connectivity index (χ2v) is 10.4. The molecule has 0 aliphatic carbocycles. The van der Waals surface area contributed by atoms with Crippen LogP contribution in [0.3, 0.4) is 0 Å². The average Bonchev–Trinajstić information content (AvgIpc) is 2.85. The first-order valence-corrected chi connectivity index (χ1v) is 12.9. The number of carbonyl (C=O) groups is 2. The normalized spacial score (nSPS) is 16.6. The summed E-state index contributed by atoms with van der Waals surface area (Å²) in [6.07, 6.45) is 1.61. The first-order valence-electron chi connectivity index (χ1n) is 12.9. The molecule has 1 aromatic carbocycles. The van der Waals surface area contributed by atoms with E-state index >= 15 is 0 Å². The van der Waals surface area contributed by atoms with Crippen LogP contribution in [-0.4, -0.2) is 94.1 Å².